The Hall–Kier alpha value is -2.94. The number of para-hydroxylation sites is 1. The van der Waals surface area contributed by atoms with Crippen molar-refractivity contribution in [2.24, 2.45) is 0 Å². The molecule has 0 fully saturated rings. The van der Waals surface area contributed by atoms with E-state index in [0.29, 0.717) is 10.5 Å². The maximum Gasteiger partial charge on any atom is 0.316 e. The smallest absolute Gasteiger partial charge is 0.316 e. The number of rotatable bonds is 7. The second-order valence-corrected chi connectivity index (χ2v) is 6.17. The summed E-state index contributed by atoms with van der Waals surface area (Å²) in [5.41, 5.74) is 0.313. The molecule has 0 unspecified atom stereocenters. The Labute approximate surface area is 152 Å². The van der Waals surface area contributed by atoms with Gasteiger partial charge in [0.2, 0.25) is 0 Å². The number of nitrogens with zero attached hydrogens (tertiary/aromatic N) is 1. The van der Waals surface area contributed by atoms with Crippen molar-refractivity contribution in [3.05, 3.63) is 64.0 Å². The summed E-state index contributed by atoms with van der Waals surface area (Å²) >= 11 is 0.949. The first-order valence-corrected chi connectivity index (χ1v) is 8.44. The lowest BCUT2D eigenvalue weighted by molar-refractivity contribution is -0.384. The first-order valence-electron chi connectivity index (χ1n) is 7.45. The molecule has 9 heteroatoms. The van der Waals surface area contributed by atoms with Crippen molar-refractivity contribution in [1.82, 2.24) is 0 Å². The van der Waals surface area contributed by atoms with Crippen molar-refractivity contribution >= 4 is 35.0 Å². The van der Waals surface area contributed by atoms with Crippen LogP contribution in [0.15, 0.2) is 47.4 Å². The molecular weight excluding hydrogens is 363 g/mol. The van der Waals surface area contributed by atoms with Crippen LogP contribution in [-0.4, -0.2) is 29.2 Å². The molecule has 0 atom stereocenters. The van der Waals surface area contributed by atoms with Gasteiger partial charge in [-0.3, -0.25) is 19.7 Å². The predicted octanol–water partition coefficient (Wildman–Crippen LogP) is 3.32. The SMILES string of the molecule is Cc1cccc([N+](=O)[O-])c1NC(=O)COC(=O)CSc1ccccc1F. The molecule has 0 radical (unpaired) electrons. The number of anilines is 1. The van der Waals surface area contributed by atoms with Crippen LogP contribution in [0.4, 0.5) is 15.8 Å². The molecular formula is C17H15FN2O5S. The molecule has 0 heterocycles. The lowest BCUT2D eigenvalue weighted by Gasteiger charge is -2.09. The number of thioether (sulfide) groups is 1. The number of aryl methyl sites for hydroxylation is 1. The molecule has 1 amide bonds. The molecule has 26 heavy (non-hydrogen) atoms. The quantitative estimate of drug-likeness (QED) is 0.343. The number of halogens is 1. The third kappa shape index (κ3) is 5.28. The number of amides is 1. The van der Waals surface area contributed by atoms with Crippen LogP contribution in [-0.2, 0) is 14.3 Å². The molecule has 1 N–H and O–H groups in total. The average Bonchev–Trinajstić information content (AvgIpc) is 2.60. The van der Waals surface area contributed by atoms with Gasteiger partial charge in [-0.15, -0.1) is 11.8 Å². The first kappa shape index (κ1) is 19.4. The zero-order valence-corrected chi connectivity index (χ0v) is 14.5. The summed E-state index contributed by atoms with van der Waals surface area (Å²) in [4.78, 5) is 34.3. The Bertz CT molecular complexity index is 844. The summed E-state index contributed by atoms with van der Waals surface area (Å²) in [6.07, 6.45) is 0. The molecule has 0 saturated carbocycles. The molecule has 0 bridgehead atoms. The monoisotopic (exact) mass is 378 g/mol. The van der Waals surface area contributed by atoms with Gasteiger partial charge in [0.05, 0.1) is 10.7 Å². The molecule has 7 nitrogen and oxygen atoms in total. The molecule has 0 aromatic heterocycles. The molecule has 136 valence electrons. The lowest BCUT2D eigenvalue weighted by atomic mass is 10.1. The largest absolute Gasteiger partial charge is 0.455 e. The van der Waals surface area contributed by atoms with Gasteiger partial charge in [-0.1, -0.05) is 24.3 Å². The van der Waals surface area contributed by atoms with E-state index < -0.39 is 29.2 Å². The summed E-state index contributed by atoms with van der Waals surface area (Å²) < 4.78 is 18.3. The highest BCUT2D eigenvalue weighted by Gasteiger charge is 2.18. The van der Waals surface area contributed by atoms with Crippen LogP contribution in [0.25, 0.3) is 0 Å². The maximum absolute atomic E-state index is 13.4. The van der Waals surface area contributed by atoms with Gasteiger partial charge in [0, 0.05) is 11.0 Å². The van der Waals surface area contributed by atoms with Crippen molar-refractivity contribution in [2.45, 2.75) is 11.8 Å². The Balaban J connectivity index is 1.86. The van der Waals surface area contributed by atoms with Gasteiger partial charge in [0.15, 0.2) is 6.61 Å². The van der Waals surface area contributed by atoms with Gasteiger partial charge >= 0.3 is 5.97 Å². The minimum absolute atomic E-state index is 0.0549. The molecule has 0 saturated heterocycles. The third-order valence-electron chi connectivity index (χ3n) is 3.26. The van der Waals surface area contributed by atoms with Gasteiger partial charge < -0.3 is 10.1 Å². The van der Waals surface area contributed by atoms with E-state index in [-0.39, 0.29) is 17.1 Å². The third-order valence-corrected chi connectivity index (χ3v) is 4.28. The minimum atomic E-state index is -0.702. The minimum Gasteiger partial charge on any atom is -0.455 e. The van der Waals surface area contributed by atoms with Crippen LogP contribution in [0.5, 0.6) is 0 Å². The number of esters is 1. The van der Waals surface area contributed by atoms with Gasteiger partial charge in [0.1, 0.15) is 11.5 Å². The highest BCUT2D eigenvalue weighted by Crippen LogP contribution is 2.27. The number of nitrogens with one attached hydrogen (secondary N) is 1. The number of nitro groups is 1. The van der Waals surface area contributed by atoms with E-state index in [1.807, 2.05) is 0 Å². The lowest BCUT2D eigenvalue weighted by Crippen LogP contribution is -2.22. The average molecular weight is 378 g/mol. The van der Waals surface area contributed by atoms with Crippen molar-refractivity contribution in [2.75, 3.05) is 17.7 Å². The van der Waals surface area contributed by atoms with Gasteiger partial charge in [-0.25, -0.2) is 4.39 Å². The van der Waals surface area contributed by atoms with E-state index in [1.165, 1.54) is 30.3 Å². The van der Waals surface area contributed by atoms with E-state index >= 15 is 0 Å². The number of nitro benzene ring substituents is 1. The molecule has 2 rings (SSSR count). The van der Waals surface area contributed by atoms with Crippen LogP contribution in [0.1, 0.15) is 5.56 Å². The van der Waals surface area contributed by atoms with E-state index in [1.54, 1.807) is 19.1 Å². The molecule has 0 aliphatic heterocycles. The van der Waals surface area contributed by atoms with Crippen molar-refractivity contribution in [3.8, 4) is 0 Å². The fraction of sp³-hybridized carbons (Fsp3) is 0.176. The van der Waals surface area contributed by atoms with Crippen molar-refractivity contribution in [3.63, 3.8) is 0 Å². The second-order valence-electron chi connectivity index (χ2n) is 5.15. The predicted molar refractivity (Wildman–Crippen MR) is 94.5 cm³/mol. The maximum atomic E-state index is 13.4. The normalized spacial score (nSPS) is 10.2. The Morgan fingerprint density at radius 2 is 1.96 bits per heavy atom. The summed E-state index contributed by atoms with van der Waals surface area (Å²) in [6.45, 7) is 1.02. The van der Waals surface area contributed by atoms with E-state index in [9.17, 15) is 24.1 Å². The summed E-state index contributed by atoms with van der Waals surface area (Å²) in [6, 6.07) is 10.3. The van der Waals surface area contributed by atoms with Crippen LogP contribution in [0.2, 0.25) is 0 Å². The molecule has 0 aliphatic rings. The number of hydrogen-bond acceptors (Lipinski definition) is 6. The van der Waals surface area contributed by atoms with Crippen LogP contribution in [0, 0.1) is 22.9 Å². The van der Waals surface area contributed by atoms with Crippen LogP contribution in [0.3, 0.4) is 0 Å². The fourth-order valence-electron chi connectivity index (χ4n) is 2.03. The topological polar surface area (TPSA) is 98.5 Å². The van der Waals surface area contributed by atoms with E-state index in [2.05, 4.69) is 5.32 Å². The Kier molecular flexibility index (Phi) is 6.67. The first-order chi connectivity index (χ1) is 12.4. The standard InChI is InChI=1S/C17H15FN2O5S/c1-11-5-4-7-13(20(23)24)17(11)19-15(21)9-25-16(22)10-26-14-8-3-2-6-12(14)18/h2-8H,9-10H2,1H3,(H,19,21). The number of carbonyl (C=O) groups is 2. The van der Waals surface area contributed by atoms with Gasteiger partial charge in [-0.05, 0) is 24.6 Å². The highest BCUT2D eigenvalue weighted by molar-refractivity contribution is 8.00. The van der Waals surface area contributed by atoms with Crippen molar-refractivity contribution in [1.29, 1.82) is 0 Å². The van der Waals surface area contributed by atoms with E-state index in [4.69, 9.17) is 4.74 Å². The van der Waals surface area contributed by atoms with Gasteiger partial charge in [-0.2, -0.15) is 0 Å². The summed E-state index contributed by atoms with van der Waals surface area (Å²) in [5, 5.41) is 13.4. The molecule has 2 aromatic carbocycles. The molecule has 0 spiro atoms. The zero-order chi connectivity index (χ0) is 19.1. The number of benzene rings is 2. The Morgan fingerprint density at radius 1 is 1.23 bits per heavy atom. The number of carbonyl (C=O) groups excluding carboxylic acids is 2. The molecule has 2 aromatic rings. The molecule has 0 aliphatic carbocycles. The van der Waals surface area contributed by atoms with Gasteiger partial charge in [0.25, 0.3) is 11.6 Å². The number of ether oxygens (including phenoxy) is 1. The fourth-order valence-corrected chi connectivity index (χ4v) is 2.77. The summed E-state index contributed by atoms with van der Waals surface area (Å²) in [5.74, 6) is -2.02. The number of hydrogen-bond donors (Lipinski definition) is 1. The van der Waals surface area contributed by atoms with Crippen LogP contribution < -0.4 is 5.32 Å². The Morgan fingerprint density at radius 3 is 2.65 bits per heavy atom. The highest BCUT2D eigenvalue weighted by atomic mass is 32.2. The van der Waals surface area contributed by atoms with Crippen molar-refractivity contribution < 1.29 is 23.6 Å². The van der Waals surface area contributed by atoms with Crippen LogP contribution >= 0.6 is 11.8 Å². The zero-order valence-electron chi connectivity index (χ0n) is 13.7. The summed E-state index contributed by atoms with van der Waals surface area (Å²) in [7, 11) is 0. The second kappa shape index (κ2) is 8.95. The van der Waals surface area contributed by atoms with E-state index in [0.717, 1.165) is 11.8 Å².